The Bertz CT molecular complexity index is 836. The van der Waals surface area contributed by atoms with Gasteiger partial charge in [-0.1, -0.05) is 25.1 Å². The number of piperidine rings is 1. The lowest BCUT2D eigenvalue weighted by atomic mass is 9.99. The van der Waals surface area contributed by atoms with Crippen molar-refractivity contribution in [2.24, 2.45) is 0 Å². The summed E-state index contributed by atoms with van der Waals surface area (Å²) in [4.78, 5) is 31.7. The highest BCUT2D eigenvalue weighted by Gasteiger charge is 2.27. The van der Waals surface area contributed by atoms with Gasteiger partial charge in [0.25, 0.3) is 11.8 Å². The lowest BCUT2D eigenvalue weighted by molar-refractivity contribution is 0.0602. The number of aromatic nitrogens is 1. The molecule has 6 heteroatoms. The standard InChI is InChI=1S/C23H29N3O3/c1-3-18-7-4-5-16-26(18)23(28)21-9-6-8-20(25-21)22(27)24-15-14-17-10-12-19(29-2)13-11-17/h6,8-13,18H,3-5,7,14-16H2,1-2H3,(H,24,27). The predicted molar refractivity (Wildman–Crippen MR) is 112 cm³/mol. The minimum atomic E-state index is -0.265. The van der Waals surface area contributed by atoms with E-state index in [-0.39, 0.29) is 23.6 Å². The van der Waals surface area contributed by atoms with Crippen LogP contribution in [0.1, 0.15) is 59.1 Å². The highest BCUT2D eigenvalue weighted by molar-refractivity contribution is 5.96. The van der Waals surface area contributed by atoms with Crippen LogP contribution in [0, 0.1) is 0 Å². The van der Waals surface area contributed by atoms with Crippen molar-refractivity contribution >= 4 is 11.8 Å². The van der Waals surface area contributed by atoms with Crippen molar-refractivity contribution in [3.8, 4) is 5.75 Å². The third-order valence-corrected chi connectivity index (χ3v) is 5.42. The molecular weight excluding hydrogens is 366 g/mol. The average molecular weight is 396 g/mol. The van der Waals surface area contributed by atoms with Crippen molar-refractivity contribution in [1.29, 1.82) is 0 Å². The molecule has 2 heterocycles. The van der Waals surface area contributed by atoms with E-state index in [1.54, 1.807) is 25.3 Å². The van der Waals surface area contributed by atoms with Crippen molar-refractivity contribution in [1.82, 2.24) is 15.2 Å². The number of rotatable bonds is 7. The summed E-state index contributed by atoms with van der Waals surface area (Å²) in [6.07, 6.45) is 4.87. The topological polar surface area (TPSA) is 71.5 Å². The van der Waals surface area contributed by atoms with Crippen molar-refractivity contribution in [3.63, 3.8) is 0 Å². The second-order valence-corrected chi connectivity index (χ2v) is 7.32. The van der Waals surface area contributed by atoms with Crippen molar-refractivity contribution in [3.05, 3.63) is 59.4 Å². The third kappa shape index (κ3) is 5.34. The Labute approximate surface area is 172 Å². The van der Waals surface area contributed by atoms with Crippen LogP contribution >= 0.6 is 0 Å². The molecule has 3 rings (SSSR count). The summed E-state index contributed by atoms with van der Waals surface area (Å²) >= 11 is 0. The zero-order chi connectivity index (χ0) is 20.6. The van der Waals surface area contributed by atoms with Gasteiger partial charge in [0.15, 0.2) is 0 Å². The molecule has 29 heavy (non-hydrogen) atoms. The van der Waals surface area contributed by atoms with Crippen LogP contribution in [0.5, 0.6) is 5.75 Å². The van der Waals surface area contributed by atoms with E-state index in [9.17, 15) is 9.59 Å². The first-order chi connectivity index (χ1) is 14.1. The molecule has 0 aliphatic carbocycles. The molecule has 154 valence electrons. The molecule has 0 bridgehead atoms. The van der Waals surface area contributed by atoms with Crippen LogP contribution in [0.2, 0.25) is 0 Å². The van der Waals surface area contributed by atoms with Gasteiger partial charge in [-0.2, -0.15) is 0 Å². The molecule has 1 atom stereocenters. The van der Waals surface area contributed by atoms with Gasteiger partial charge in [0.2, 0.25) is 0 Å². The number of benzene rings is 1. The third-order valence-electron chi connectivity index (χ3n) is 5.42. The number of methoxy groups -OCH3 is 1. The van der Waals surface area contributed by atoms with Crippen LogP contribution < -0.4 is 10.1 Å². The summed E-state index contributed by atoms with van der Waals surface area (Å²) in [6, 6.07) is 13.1. The van der Waals surface area contributed by atoms with E-state index in [1.165, 1.54) is 0 Å². The van der Waals surface area contributed by atoms with Gasteiger partial charge in [-0.15, -0.1) is 0 Å². The van der Waals surface area contributed by atoms with Crippen LogP contribution in [-0.2, 0) is 6.42 Å². The molecule has 1 aliphatic rings. The van der Waals surface area contributed by atoms with Gasteiger partial charge < -0.3 is 15.0 Å². The van der Waals surface area contributed by atoms with Crippen molar-refractivity contribution in [2.75, 3.05) is 20.2 Å². The summed E-state index contributed by atoms with van der Waals surface area (Å²) < 4.78 is 5.15. The molecule has 1 saturated heterocycles. The number of amides is 2. The van der Waals surface area contributed by atoms with Gasteiger partial charge in [-0.3, -0.25) is 9.59 Å². The minimum absolute atomic E-state index is 0.0792. The highest BCUT2D eigenvalue weighted by Crippen LogP contribution is 2.21. The fourth-order valence-electron chi connectivity index (χ4n) is 3.72. The first-order valence-corrected chi connectivity index (χ1v) is 10.3. The molecule has 2 amide bonds. The fraction of sp³-hybridized carbons (Fsp3) is 0.435. The van der Waals surface area contributed by atoms with E-state index < -0.39 is 0 Å². The molecule has 1 aliphatic heterocycles. The lowest BCUT2D eigenvalue weighted by Gasteiger charge is -2.35. The molecule has 1 N–H and O–H groups in total. The number of nitrogens with one attached hydrogen (secondary N) is 1. The monoisotopic (exact) mass is 395 g/mol. The highest BCUT2D eigenvalue weighted by atomic mass is 16.5. The SMILES string of the molecule is CCC1CCCCN1C(=O)c1cccc(C(=O)NCCc2ccc(OC)cc2)n1. The number of hydrogen-bond donors (Lipinski definition) is 1. The van der Waals surface area contributed by atoms with E-state index in [0.717, 1.165) is 43.5 Å². The molecule has 2 aromatic rings. The largest absolute Gasteiger partial charge is 0.497 e. The van der Waals surface area contributed by atoms with Gasteiger partial charge in [0.1, 0.15) is 17.1 Å². The maximum absolute atomic E-state index is 12.9. The Morgan fingerprint density at radius 1 is 1.14 bits per heavy atom. The Balaban J connectivity index is 1.59. The van der Waals surface area contributed by atoms with Crippen LogP contribution in [0.3, 0.4) is 0 Å². The lowest BCUT2D eigenvalue weighted by Crippen LogP contribution is -2.43. The molecule has 1 unspecified atom stereocenters. The van der Waals surface area contributed by atoms with E-state index in [1.807, 2.05) is 29.2 Å². The van der Waals surface area contributed by atoms with E-state index >= 15 is 0 Å². The summed E-state index contributed by atoms with van der Waals surface area (Å²) in [5.41, 5.74) is 1.72. The Kier molecular flexibility index (Phi) is 7.22. The molecule has 0 saturated carbocycles. The van der Waals surface area contributed by atoms with E-state index in [2.05, 4.69) is 17.2 Å². The van der Waals surface area contributed by atoms with Crippen LogP contribution in [0.4, 0.5) is 0 Å². The van der Waals surface area contributed by atoms with Gasteiger partial charge in [0, 0.05) is 19.1 Å². The van der Waals surface area contributed by atoms with E-state index in [0.29, 0.717) is 18.7 Å². The Hall–Kier alpha value is -2.89. The summed E-state index contributed by atoms with van der Waals surface area (Å²) in [7, 11) is 1.63. The number of carbonyl (C=O) groups excluding carboxylic acids is 2. The Morgan fingerprint density at radius 3 is 2.62 bits per heavy atom. The average Bonchev–Trinajstić information content (AvgIpc) is 2.79. The van der Waals surface area contributed by atoms with Crippen LogP contribution in [0.15, 0.2) is 42.5 Å². The summed E-state index contributed by atoms with van der Waals surface area (Å²) in [5, 5.41) is 2.88. The van der Waals surface area contributed by atoms with Crippen molar-refractivity contribution in [2.45, 2.75) is 45.1 Å². The summed E-state index contributed by atoms with van der Waals surface area (Å²) in [5.74, 6) is 0.464. The molecule has 6 nitrogen and oxygen atoms in total. The molecule has 1 aromatic heterocycles. The minimum Gasteiger partial charge on any atom is -0.497 e. The number of carbonyl (C=O) groups is 2. The quantitative estimate of drug-likeness (QED) is 0.779. The molecular formula is C23H29N3O3. The smallest absolute Gasteiger partial charge is 0.272 e. The van der Waals surface area contributed by atoms with Crippen LogP contribution in [0.25, 0.3) is 0 Å². The first-order valence-electron chi connectivity index (χ1n) is 10.3. The normalized spacial score (nSPS) is 16.3. The van der Waals surface area contributed by atoms with Crippen molar-refractivity contribution < 1.29 is 14.3 Å². The number of hydrogen-bond acceptors (Lipinski definition) is 4. The maximum Gasteiger partial charge on any atom is 0.272 e. The molecule has 1 aromatic carbocycles. The number of pyridine rings is 1. The second kappa shape index (κ2) is 10.0. The summed E-state index contributed by atoms with van der Waals surface area (Å²) in [6.45, 7) is 3.36. The zero-order valence-electron chi connectivity index (χ0n) is 17.2. The predicted octanol–water partition coefficient (Wildman–Crippen LogP) is 3.47. The number of ether oxygens (including phenoxy) is 1. The maximum atomic E-state index is 12.9. The first kappa shape index (κ1) is 20.8. The van der Waals surface area contributed by atoms with E-state index in [4.69, 9.17) is 4.74 Å². The Morgan fingerprint density at radius 2 is 1.90 bits per heavy atom. The van der Waals surface area contributed by atoms with Gasteiger partial charge in [-0.25, -0.2) is 4.98 Å². The fourth-order valence-corrected chi connectivity index (χ4v) is 3.72. The van der Waals surface area contributed by atoms with Gasteiger partial charge in [0.05, 0.1) is 7.11 Å². The molecule has 0 radical (unpaired) electrons. The second-order valence-electron chi connectivity index (χ2n) is 7.32. The number of likely N-dealkylation sites (tertiary alicyclic amines) is 1. The van der Waals surface area contributed by atoms with Gasteiger partial charge >= 0.3 is 0 Å². The van der Waals surface area contributed by atoms with Gasteiger partial charge in [-0.05, 0) is 61.9 Å². The zero-order valence-corrected chi connectivity index (χ0v) is 17.2. The van der Waals surface area contributed by atoms with Crippen LogP contribution in [-0.4, -0.2) is 47.9 Å². The molecule has 1 fully saturated rings. The molecule has 0 spiro atoms. The number of nitrogens with zero attached hydrogens (tertiary/aromatic N) is 2.